The predicted molar refractivity (Wildman–Crippen MR) is 129 cm³/mol. The molecule has 8 heteroatoms. The third-order valence-electron chi connectivity index (χ3n) is 5.01. The predicted octanol–water partition coefficient (Wildman–Crippen LogP) is 5.68. The van der Waals surface area contributed by atoms with Crippen LogP contribution in [-0.2, 0) is 0 Å². The Morgan fingerprint density at radius 2 is 1.77 bits per heavy atom. The summed E-state index contributed by atoms with van der Waals surface area (Å²) in [5.74, 6) is 0.639. The number of fused-ring (bicyclic) bond motifs is 1. The Hall–Kier alpha value is -1.86. The highest BCUT2D eigenvalue weighted by atomic mass is 35.5. The number of benzene rings is 2. The quantitative estimate of drug-likeness (QED) is 0.427. The first-order valence-corrected chi connectivity index (χ1v) is 10.9. The fourth-order valence-corrected chi connectivity index (χ4v) is 4.39. The molecule has 0 bridgehead atoms. The minimum Gasteiger partial charge on any atom is -0.494 e. The molecule has 1 heterocycles. The van der Waals surface area contributed by atoms with E-state index in [1.54, 1.807) is 36.3 Å². The van der Waals surface area contributed by atoms with Gasteiger partial charge in [0.2, 0.25) is 0 Å². The molecule has 1 amide bonds. The third-order valence-corrected chi connectivity index (χ3v) is 6.48. The van der Waals surface area contributed by atoms with Crippen molar-refractivity contribution >= 4 is 56.6 Å². The van der Waals surface area contributed by atoms with Gasteiger partial charge in [0.05, 0.1) is 11.8 Å². The Labute approximate surface area is 193 Å². The third kappa shape index (κ3) is 5.24. The van der Waals surface area contributed by atoms with Gasteiger partial charge in [-0.3, -0.25) is 9.69 Å². The lowest BCUT2D eigenvalue weighted by Gasteiger charge is -2.24. The number of anilines is 1. The van der Waals surface area contributed by atoms with E-state index >= 15 is 0 Å². The van der Waals surface area contributed by atoms with Crippen LogP contribution in [0.15, 0.2) is 36.4 Å². The molecule has 0 radical (unpaired) electrons. The lowest BCUT2D eigenvalue weighted by Crippen LogP contribution is -2.38. The summed E-state index contributed by atoms with van der Waals surface area (Å²) in [4.78, 5) is 22.2. The van der Waals surface area contributed by atoms with E-state index in [0.717, 1.165) is 41.2 Å². The summed E-state index contributed by atoms with van der Waals surface area (Å²) in [6, 6.07) is 10.9. The van der Waals surface area contributed by atoms with E-state index in [0.29, 0.717) is 22.3 Å². The molecule has 0 N–H and O–H groups in total. The molecule has 0 aliphatic rings. The molecule has 0 aliphatic heterocycles. The summed E-state index contributed by atoms with van der Waals surface area (Å²) in [6.45, 7) is 9.51. The molecule has 1 aromatic heterocycles. The number of hydrogen-bond acceptors (Lipinski definition) is 5. The number of nitrogens with zero attached hydrogens (tertiary/aromatic N) is 3. The summed E-state index contributed by atoms with van der Waals surface area (Å²) in [7, 11) is 1.64. The number of likely N-dealkylation sites (N-methyl/N-ethyl adjacent to an activating group) is 1. The van der Waals surface area contributed by atoms with Gasteiger partial charge in [0.1, 0.15) is 11.3 Å². The molecule has 0 spiro atoms. The summed E-state index contributed by atoms with van der Waals surface area (Å²) < 4.78 is 6.52. The topological polar surface area (TPSA) is 45.7 Å². The van der Waals surface area contributed by atoms with Crippen molar-refractivity contribution in [3.63, 3.8) is 0 Å². The van der Waals surface area contributed by atoms with Gasteiger partial charge in [-0.1, -0.05) is 42.9 Å². The van der Waals surface area contributed by atoms with Crippen LogP contribution in [0.2, 0.25) is 5.02 Å². The normalized spacial score (nSPS) is 10.9. The Kier molecular flexibility index (Phi) is 8.92. The van der Waals surface area contributed by atoms with Crippen molar-refractivity contribution < 1.29 is 9.53 Å². The summed E-state index contributed by atoms with van der Waals surface area (Å²) in [5.41, 5.74) is 2.51. The van der Waals surface area contributed by atoms with E-state index in [1.165, 1.54) is 11.3 Å². The Morgan fingerprint density at radius 1 is 1.10 bits per heavy atom. The Bertz CT molecular complexity index is 988. The SMILES string of the molecule is CCN(CC)CCN(C(=O)c1ccc(Cl)cc1)c1nc2c(OC)ccc(C)c2s1.Cl. The Balaban J connectivity index is 0.00000320. The van der Waals surface area contributed by atoms with Crippen molar-refractivity contribution in [3.05, 3.63) is 52.5 Å². The summed E-state index contributed by atoms with van der Waals surface area (Å²) >= 11 is 7.53. The maximum Gasteiger partial charge on any atom is 0.260 e. The fraction of sp³-hybridized carbons (Fsp3) is 0.364. The van der Waals surface area contributed by atoms with Crippen LogP contribution in [-0.4, -0.2) is 49.1 Å². The number of carbonyl (C=O) groups is 1. The number of rotatable bonds is 8. The van der Waals surface area contributed by atoms with E-state index in [2.05, 4.69) is 18.7 Å². The van der Waals surface area contributed by atoms with Crippen LogP contribution < -0.4 is 9.64 Å². The summed E-state index contributed by atoms with van der Waals surface area (Å²) in [6.07, 6.45) is 0. The second-order valence-corrected chi connectivity index (χ2v) is 8.16. The van der Waals surface area contributed by atoms with Gasteiger partial charge in [0.15, 0.2) is 5.13 Å². The number of ether oxygens (including phenoxy) is 1. The molecule has 3 rings (SSSR count). The molecular formula is C22H27Cl2N3O2S. The average Bonchev–Trinajstić information content (AvgIpc) is 3.18. The molecule has 5 nitrogen and oxygen atoms in total. The molecular weight excluding hydrogens is 441 g/mol. The lowest BCUT2D eigenvalue weighted by molar-refractivity contribution is 0.0984. The number of halogens is 2. The number of aromatic nitrogens is 1. The molecule has 0 aliphatic carbocycles. The second kappa shape index (κ2) is 11.0. The van der Waals surface area contributed by atoms with Gasteiger partial charge in [-0.05, 0) is 55.9 Å². The molecule has 0 atom stereocenters. The highest BCUT2D eigenvalue weighted by Crippen LogP contribution is 2.36. The first-order chi connectivity index (χ1) is 14.0. The van der Waals surface area contributed by atoms with Crippen LogP contribution in [0.3, 0.4) is 0 Å². The number of methoxy groups -OCH3 is 1. The summed E-state index contributed by atoms with van der Waals surface area (Å²) in [5, 5.41) is 1.29. The molecule has 3 aromatic rings. The monoisotopic (exact) mass is 467 g/mol. The van der Waals surface area contributed by atoms with Crippen molar-refractivity contribution in [1.82, 2.24) is 9.88 Å². The zero-order chi connectivity index (χ0) is 21.0. The molecule has 0 unspecified atom stereocenters. The van der Waals surface area contributed by atoms with Crippen LogP contribution in [0.4, 0.5) is 5.13 Å². The van der Waals surface area contributed by atoms with Gasteiger partial charge in [0.25, 0.3) is 5.91 Å². The van der Waals surface area contributed by atoms with E-state index in [-0.39, 0.29) is 18.3 Å². The first kappa shape index (κ1) is 24.4. The standard InChI is InChI=1S/C22H26ClN3O2S.ClH/c1-5-25(6-2)13-14-26(21(27)16-8-10-17(23)11-9-16)22-24-19-18(28-4)12-7-15(3)20(19)29-22;/h7-12H,5-6,13-14H2,1-4H3;1H. The maximum atomic E-state index is 13.4. The number of thiazole rings is 1. The van der Waals surface area contributed by atoms with Gasteiger partial charge >= 0.3 is 0 Å². The Morgan fingerprint density at radius 3 is 2.37 bits per heavy atom. The smallest absolute Gasteiger partial charge is 0.260 e. The molecule has 2 aromatic carbocycles. The minimum atomic E-state index is -0.0792. The van der Waals surface area contributed by atoms with E-state index in [9.17, 15) is 4.79 Å². The number of aryl methyl sites for hydroxylation is 1. The zero-order valence-corrected chi connectivity index (χ0v) is 20.0. The van der Waals surface area contributed by atoms with Crippen molar-refractivity contribution in [1.29, 1.82) is 0 Å². The van der Waals surface area contributed by atoms with Crippen molar-refractivity contribution in [3.8, 4) is 5.75 Å². The van der Waals surface area contributed by atoms with Crippen LogP contribution in [0.1, 0.15) is 29.8 Å². The van der Waals surface area contributed by atoms with Crippen LogP contribution >= 0.6 is 35.3 Å². The van der Waals surface area contributed by atoms with Gasteiger partial charge in [-0.15, -0.1) is 12.4 Å². The van der Waals surface area contributed by atoms with Crippen LogP contribution in [0.25, 0.3) is 10.2 Å². The molecule has 0 saturated carbocycles. The van der Waals surface area contributed by atoms with E-state index < -0.39 is 0 Å². The molecule has 0 fully saturated rings. The molecule has 162 valence electrons. The average molecular weight is 468 g/mol. The van der Waals surface area contributed by atoms with Gasteiger partial charge in [-0.25, -0.2) is 4.98 Å². The number of amides is 1. The van der Waals surface area contributed by atoms with Gasteiger partial charge in [-0.2, -0.15) is 0 Å². The highest BCUT2D eigenvalue weighted by molar-refractivity contribution is 7.22. The fourth-order valence-electron chi connectivity index (χ4n) is 3.19. The highest BCUT2D eigenvalue weighted by Gasteiger charge is 2.23. The molecule has 0 saturated heterocycles. The van der Waals surface area contributed by atoms with Gasteiger partial charge in [0, 0.05) is 23.7 Å². The second-order valence-electron chi connectivity index (χ2n) is 6.75. The maximum absolute atomic E-state index is 13.4. The molecule has 30 heavy (non-hydrogen) atoms. The largest absolute Gasteiger partial charge is 0.494 e. The zero-order valence-electron chi connectivity index (χ0n) is 17.6. The van der Waals surface area contributed by atoms with E-state index in [4.69, 9.17) is 21.3 Å². The number of carbonyl (C=O) groups excluding carboxylic acids is 1. The first-order valence-electron chi connectivity index (χ1n) is 9.72. The van der Waals surface area contributed by atoms with Crippen LogP contribution in [0, 0.1) is 6.92 Å². The number of hydrogen-bond donors (Lipinski definition) is 0. The van der Waals surface area contributed by atoms with E-state index in [1.807, 2.05) is 19.1 Å². The van der Waals surface area contributed by atoms with Crippen molar-refractivity contribution in [2.45, 2.75) is 20.8 Å². The van der Waals surface area contributed by atoms with Gasteiger partial charge < -0.3 is 9.64 Å². The van der Waals surface area contributed by atoms with Crippen molar-refractivity contribution in [2.24, 2.45) is 0 Å². The minimum absolute atomic E-state index is 0. The lowest BCUT2D eigenvalue weighted by atomic mass is 10.2. The van der Waals surface area contributed by atoms with Crippen molar-refractivity contribution in [2.75, 3.05) is 38.2 Å². The van der Waals surface area contributed by atoms with Crippen LogP contribution in [0.5, 0.6) is 5.75 Å².